The van der Waals surface area contributed by atoms with Crippen LogP contribution in [0.2, 0.25) is 0 Å². The minimum Gasteiger partial charge on any atom is -0.364 e. The predicted octanol–water partition coefficient (Wildman–Crippen LogP) is 4.01. The normalized spacial score (nSPS) is 19.3. The number of hydrogen-bond acceptors (Lipinski definition) is 4. The van der Waals surface area contributed by atoms with Crippen molar-refractivity contribution in [3.8, 4) is 0 Å². The highest BCUT2D eigenvalue weighted by atomic mass is 35.5. The molecule has 0 spiro atoms. The fourth-order valence-corrected chi connectivity index (χ4v) is 3.69. The summed E-state index contributed by atoms with van der Waals surface area (Å²) in [4.78, 5) is 14.7. The quantitative estimate of drug-likeness (QED) is 0.824. The molecule has 134 valence electrons. The van der Waals surface area contributed by atoms with Crippen LogP contribution in [0.1, 0.15) is 18.4 Å². The smallest absolute Gasteiger partial charge is 0.253 e. The van der Waals surface area contributed by atoms with E-state index in [9.17, 15) is 4.79 Å². The van der Waals surface area contributed by atoms with Crippen molar-refractivity contribution < 1.29 is 9.53 Å². The molecule has 2 atom stereocenters. The fourth-order valence-electron chi connectivity index (χ4n) is 2.75. The van der Waals surface area contributed by atoms with Gasteiger partial charge in [0.2, 0.25) is 0 Å². The van der Waals surface area contributed by atoms with Gasteiger partial charge in [-0.1, -0.05) is 30.0 Å². The van der Waals surface area contributed by atoms with Crippen LogP contribution < -0.4 is 11.1 Å². The molecule has 1 saturated heterocycles. The van der Waals surface area contributed by atoms with E-state index in [4.69, 9.17) is 10.5 Å². The van der Waals surface area contributed by atoms with E-state index in [2.05, 4.69) is 23.5 Å². The number of amides is 1. The van der Waals surface area contributed by atoms with Crippen LogP contribution in [0.25, 0.3) is 0 Å². The number of nitrogens with one attached hydrogen (secondary N) is 1. The largest absolute Gasteiger partial charge is 0.364 e. The number of nitrogens with two attached hydrogens (primary N) is 1. The van der Waals surface area contributed by atoms with E-state index in [-0.39, 0.29) is 24.4 Å². The summed E-state index contributed by atoms with van der Waals surface area (Å²) < 4.78 is 5.65. The van der Waals surface area contributed by atoms with E-state index in [1.54, 1.807) is 11.8 Å². The summed E-state index contributed by atoms with van der Waals surface area (Å²) in [6.45, 7) is 2.47. The Morgan fingerprint density at radius 2 is 1.96 bits per heavy atom. The number of hydrogen-bond donors (Lipinski definition) is 2. The first-order chi connectivity index (χ1) is 11.7. The summed E-state index contributed by atoms with van der Waals surface area (Å²) in [6, 6.07) is 16.3. The topological polar surface area (TPSA) is 64.4 Å². The van der Waals surface area contributed by atoms with E-state index in [0.29, 0.717) is 6.54 Å². The third kappa shape index (κ3) is 5.22. The molecule has 0 saturated carbocycles. The molecule has 3 N–H and O–H groups in total. The van der Waals surface area contributed by atoms with Crippen molar-refractivity contribution in [3.63, 3.8) is 0 Å². The average Bonchev–Trinajstić information content (AvgIpc) is 3.07. The van der Waals surface area contributed by atoms with Gasteiger partial charge in [0.15, 0.2) is 0 Å². The molecule has 3 rings (SSSR count). The fraction of sp³-hybridized carbons (Fsp3) is 0.316. The monoisotopic (exact) mass is 378 g/mol. The first-order valence-electron chi connectivity index (χ1n) is 8.15. The van der Waals surface area contributed by atoms with E-state index in [0.717, 1.165) is 29.0 Å². The van der Waals surface area contributed by atoms with Crippen molar-refractivity contribution >= 4 is 35.8 Å². The molecule has 2 aromatic rings. The highest BCUT2D eigenvalue weighted by molar-refractivity contribution is 7.99. The van der Waals surface area contributed by atoms with Crippen molar-refractivity contribution in [2.45, 2.75) is 41.8 Å². The Morgan fingerprint density at radius 1 is 1.20 bits per heavy atom. The van der Waals surface area contributed by atoms with Gasteiger partial charge in [0, 0.05) is 22.0 Å². The molecule has 0 aromatic heterocycles. The number of carbonyl (C=O) groups excluding carboxylic acids is 1. The molecule has 0 radical (unpaired) electrons. The Kier molecular flexibility index (Phi) is 7.32. The molecule has 25 heavy (non-hydrogen) atoms. The molecular weight excluding hydrogens is 356 g/mol. The van der Waals surface area contributed by atoms with Crippen LogP contribution in [0.5, 0.6) is 0 Å². The van der Waals surface area contributed by atoms with Crippen molar-refractivity contribution in [3.05, 3.63) is 54.1 Å². The van der Waals surface area contributed by atoms with E-state index >= 15 is 0 Å². The number of benzene rings is 2. The lowest BCUT2D eigenvalue weighted by Gasteiger charge is -2.14. The van der Waals surface area contributed by atoms with Crippen LogP contribution in [0.4, 0.5) is 5.69 Å². The second-order valence-corrected chi connectivity index (χ2v) is 7.09. The zero-order valence-electron chi connectivity index (χ0n) is 14.1. The molecular formula is C19H23ClN2O2S. The van der Waals surface area contributed by atoms with Gasteiger partial charge in [-0.25, -0.2) is 0 Å². The van der Waals surface area contributed by atoms with Crippen LogP contribution >= 0.6 is 24.2 Å². The van der Waals surface area contributed by atoms with Crippen LogP contribution in [-0.2, 0) is 9.53 Å². The lowest BCUT2D eigenvalue weighted by molar-refractivity contribution is -0.126. The maximum Gasteiger partial charge on any atom is 0.253 e. The van der Waals surface area contributed by atoms with E-state index < -0.39 is 6.10 Å². The van der Waals surface area contributed by atoms with E-state index in [1.165, 1.54) is 4.90 Å². The van der Waals surface area contributed by atoms with Crippen LogP contribution in [0.15, 0.2) is 58.3 Å². The van der Waals surface area contributed by atoms with Gasteiger partial charge in [-0.15, -0.1) is 12.4 Å². The molecule has 0 bridgehead atoms. The zero-order valence-corrected chi connectivity index (χ0v) is 15.7. The third-order valence-electron chi connectivity index (χ3n) is 4.10. The predicted molar refractivity (Wildman–Crippen MR) is 105 cm³/mol. The number of anilines is 1. The SMILES string of the molecule is Cc1cc(Sc2ccccc2)ccc1NC(=O)[C@@H]1CC[C@H](CN)O1.Cl. The first-order valence-corrected chi connectivity index (χ1v) is 8.97. The summed E-state index contributed by atoms with van der Waals surface area (Å²) in [5.41, 5.74) is 7.46. The van der Waals surface area contributed by atoms with Crippen LogP contribution in [0.3, 0.4) is 0 Å². The summed E-state index contributed by atoms with van der Waals surface area (Å²) in [5.74, 6) is -0.0856. The molecule has 4 nitrogen and oxygen atoms in total. The number of carbonyl (C=O) groups is 1. The van der Waals surface area contributed by atoms with Crippen molar-refractivity contribution in [1.29, 1.82) is 0 Å². The highest BCUT2D eigenvalue weighted by Crippen LogP contribution is 2.30. The van der Waals surface area contributed by atoms with Crippen LogP contribution in [-0.4, -0.2) is 24.7 Å². The molecule has 1 heterocycles. The van der Waals surface area contributed by atoms with Gasteiger partial charge in [0.1, 0.15) is 6.10 Å². The number of ether oxygens (including phenoxy) is 1. The number of halogens is 1. The van der Waals surface area contributed by atoms with Crippen LogP contribution in [0, 0.1) is 6.92 Å². The Labute approximate surface area is 158 Å². The second kappa shape index (κ2) is 9.25. The van der Waals surface area contributed by atoms with Gasteiger partial charge in [0.05, 0.1) is 6.10 Å². The molecule has 2 aromatic carbocycles. The molecule has 1 aliphatic heterocycles. The molecule has 1 amide bonds. The molecule has 6 heteroatoms. The Morgan fingerprint density at radius 3 is 2.60 bits per heavy atom. The van der Waals surface area contributed by atoms with Gasteiger partial charge in [-0.2, -0.15) is 0 Å². The first kappa shape index (κ1) is 19.8. The standard InChI is InChI=1S/C19H22N2O2S.ClH/c1-13-11-16(24-15-5-3-2-4-6-15)8-9-17(13)21-19(22)18-10-7-14(12-20)23-18;/h2-6,8-9,11,14,18H,7,10,12,20H2,1H3,(H,21,22);1H/t14-,18+;/m1./s1. The highest BCUT2D eigenvalue weighted by Gasteiger charge is 2.29. The summed E-state index contributed by atoms with van der Waals surface area (Å²) in [7, 11) is 0. The summed E-state index contributed by atoms with van der Waals surface area (Å²) >= 11 is 1.71. The zero-order chi connectivity index (χ0) is 16.9. The van der Waals surface area contributed by atoms with Gasteiger partial charge in [-0.05, 0) is 55.7 Å². The van der Waals surface area contributed by atoms with Gasteiger partial charge < -0.3 is 15.8 Å². The number of rotatable bonds is 5. The van der Waals surface area contributed by atoms with Crippen molar-refractivity contribution in [2.75, 3.05) is 11.9 Å². The molecule has 0 unspecified atom stereocenters. The maximum absolute atomic E-state index is 12.3. The Bertz CT molecular complexity index is 712. The third-order valence-corrected chi connectivity index (χ3v) is 5.10. The van der Waals surface area contributed by atoms with E-state index in [1.807, 2.05) is 37.3 Å². The van der Waals surface area contributed by atoms with Gasteiger partial charge >= 0.3 is 0 Å². The van der Waals surface area contributed by atoms with Gasteiger partial charge in [-0.3, -0.25) is 4.79 Å². The van der Waals surface area contributed by atoms with Gasteiger partial charge in [0.25, 0.3) is 5.91 Å². The minimum absolute atomic E-state index is 0. The molecule has 1 fully saturated rings. The lowest BCUT2D eigenvalue weighted by atomic mass is 10.1. The second-order valence-electron chi connectivity index (χ2n) is 5.94. The maximum atomic E-state index is 12.3. The lowest BCUT2D eigenvalue weighted by Crippen LogP contribution is -2.30. The Balaban J connectivity index is 0.00000225. The average molecular weight is 379 g/mol. The summed E-state index contributed by atoms with van der Waals surface area (Å²) in [5, 5.41) is 2.97. The summed E-state index contributed by atoms with van der Waals surface area (Å²) in [6.07, 6.45) is 1.19. The number of aryl methyl sites for hydroxylation is 1. The minimum atomic E-state index is -0.392. The molecule has 0 aliphatic carbocycles. The van der Waals surface area contributed by atoms with Crippen molar-refractivity contribution in [1.82, 2.24) is 0 Å². The molecule has 1 aliphatic rings. The van der Waals surface area contributed by atoms with Crippen molar-refractivity contribution in [2.24, 2.45) is 5.73 Å². The Hall–Kier alpha value is -1.53.